The summed E-state index contributed by atoms with van der Waals surface area (Å²) in [5.74, 6) is 2.03. The number of halogens is 1. The lowest BCUT2D eigenvalue weighted by atomic mass is 10.2. The molecular weight excluding hydrogens is 431 g/mol. The van der Waals surface area contributed by atoms with Crippen LogP contribution in [0.3, 0.4) is 0 Å². The summed E-state index contributed by atoms with van der Waals surface area (Å²) in [4.78, 5) is 8.86. The van der Waals surface area contributed by atoms with Gasteiger partial charge in [0.15, 0.2) is 5.96 Å². The van der Waals surface area contributed by atoms with E-state index in [2.05, 4.69) is 41.4 Å². The molecule has 0 saturated carbocycles. The largest absolute Gasteiger partial charge is 0.478 e. The molecule has 6 nitrogen and oxygen atoms in total. The third-order valence-corrected chi connectivity index (χ3v) is 3.09. The maximum Gasteiger partial charge on any atom is 0.218 e. The summed E-state index contributed by atoms with van der Waals surface area (Å²) in [6.45, 7) is 12.7. The number of nitrogens with zero attached hydrogens (tertiary/aromatic N) is 2. The lowest BCUT2D eigenvalue weighted by molar-refractivity contribution is 0.108. The van der Waals surface area contributed by atoms with Gasteiger partial charge in [-0.05, 0) is 32.3 Å². The number of nitrogens with one attached hydrogen (secondary N) is 2. The van der Waals surface area contributed by atoms with Gasteiger partial charge in [0, 0.05) is 38.1 Å². The Morgan fingerprint density at radius 2 is 2.08 bits per heavy atom. The average Bonchev–Trinajstić information content (AvgIpc) is 2.56. The first-order valence-corrected chi connectivity index (χ1v) is 8.83. The predicted octanol–water partition coefficient (Wildman–Crippen LogP) is 3.22. The second kappa shape index (κ2) is 15.2. The zero-order valence-corrected chi connectivity index (χ0v) is 18.2. The summed E-state index contributed by atoms with van der Waals surface area (Å²) >= 11 is 0. The first-order valence-electron chi connectivity index (χ1n) is 8.83. The van der Waals surface area contributed by atoms with Crippen LogP contribution in [-0.4, -0.2) is 43.9 Å². The number of hydrogen-bond acceptors (Lipinski definition) is 4. The molecule has 7 heteroatoms. The molecule has 0 radical (unpaired) electrons. The fraction of sp³-hybridized carbons (Fsp3) is 0.667. The van der Waals surface area contributed by atoms with E-state index < -0.39 is 0 Å². The van der Waals surface area contributed by atoms with Crippen molar-refractivity contribution in [2.75, 3.05) is 32.9 Å². The maximum absolute atomic E-state index is 5.58. The zero-order chi connectivity index (χ0) is 17.6. The molecule has 0 fully saturated rings. The average molecular weight is 464 g/mol. The van der Waals surface area contributed by atoms with E-state index in [0.29, 0.717) is 24.9 Å². The quantitative estimate of drug-likeness (QED) is 0.228. The third kappa shape index (κ3) is 11.2. The van der Waals surface area contributed by atoms with Crippen LogP contribution in [0.15, 0.2) is 23.3 Å². The Balaban J connectivity index is 0.00000576. The van der Waals surface area contributed by atoms with Crippen molar-refractivity contribution in [1.29, 1.82) is 0 Å². The molecule has 1 aromatic heterocycles. The molecule has 0 aliphatic carbocycles. The van der Waals surface area contributed by atoms with Crippen LogP contribution in [0.2, 0.25) is 0 Å². The number of aliphatic imine (C=N–C) groups is 1. The zero-order valence-electron chi connectivity index (χ0n) is 15.9. The van der Waals surface area contributed by atoms with Gasteiger partial charge in [0.1, 0.15) is 0 Å². The third-order valence-electron chi connectivity index (χ3n) is 3.09. The fourth-order valence-electron chi connectivity index (χ4n) is 2.02. The smallest absolute Gasteiger partial charge is 0.218 e. The van der Waals surface area contributed by atoms with Crippen LogP contribution in [0.5, 0.6) is 5.88 Å². The van der Waals surface area contributed by atoms with Gasteiger partial charge in [-0.25, -0.2) is 9.98 Å². The lowest BCUT2D eigenvalue weighted by Crippen LogP contribution is -2.38. The second-order valence-corrected chi connectivity index (χ2v) is 5.84. The predicted molar refractivity (Wildman–Crippen MR) is 114 cm³/mol. The highest BCUT2D eigenvalue weighted by molar-refractivity contribution is 14.0. The van der Waals surface area contributed by atoms with Crippen molar-refractivity contribution < 1.29 is 9.47 Å². The molecule has 0 spiro atoms. The number of pyridine rings is 1. The number of rotatable bonds is 11. The number of hydrogen-bond donors (Lipinski definition) is 2. The molecule has 0 saturated heterocycles. The van der Waals surface area contributed by atoms with Gasteiger partial charge in [-0.15, -0.1) is 24.0 Å². The summed E-state index contributed by atoms with van der Waals surface area (Å²) < 4.78 is 11.1. The number of guanidine groups is 1. The van der Waals surface area contributed by atoms with E-state index in [1.807, 2.05) is 19.1 Å². The van der Waals surface area contributed by atoms with E-state index >= 15 is 0 Å². The monoisotopic (exact) mass is 464 g/mol. The number of aromatic nitrogens is 1. The Kier molecular flexibility index (Phi) is 14.5. The SMILES string of the molecule is CCNC(=NCc1cccnc1OCC)NCCCOCC(C)C.I. The summed E-state index contributed by atoms with van der Waals surface area (Å²) in [6.07, 6.45) is 2.69. The minimum atomic E-state index is 0. The highest BCUT2D eigenvalue weighted by atomic mass is 127. The van der Waals surface area contributed by atoms with Crippen LogP contribution in [0.1, 0.15) is 39.7 Å². The molecule has 0 aliphatic heterocycles. The van der Waals surface area contributed by atoms with E-state index in [-0.39, 0.29) is 24.0 Å². The molecule has 0 bridgehead atoms. The normalized spacial score (nSPS) is 11.2. The van der Waals surface area contributed by atoms with Crippen LogP contribution in [0.25, 0.3) is 0 Å². The van der Waals surface area contributed by atoms with Crippen LogP contribution in [-0.2, 0) is 11.3 Å². The molecule has 0 aromatic carbocycles. The highest BCUT2D eigenvalue weighted by Crippen LogP contribution is 2.15. The van der Waals surface area contributed by atoms with E-state index in [1.54, 1.807) is 6.20 Å². The first-order chi connectivity index (χ1) is 11.7. The Morgan fingerprint density at radius 1 is 1.28 bits per heavy atom. The Labute approximate surface area is 169 Å². The van der Waals surface area contributed by atoms with Crippen molar-refractivity contribution >= 4 is 29.9 Å². The summed E-state index contributed by atoms with van der Waals surface area (Å²) in [5.41, 5.74) is 0.983. The molecule has 1 rings (SSSR count). The van der Waals surface area contributed by atoms with Gasteiger partial charge in [0.2, 0.25) is 5.88 Å². The molecule has 0 aliphatic rings. The van der Waals surface area contributed by atoms with Gasteiger partial charge in [-0.3, -0.25) is 0 Å². The van der Waals surface area contributed by atoms with Crippen LogP contribution >= 0.6 is 24.0 Å². The van der Waals surface area contributed by atoms with Gasteiger partial charge in [-0.1, -0.05) is 19.9 Å². The minimum Gasteiger partial charge on any atom is -0.478 e. The van der Waals surface area contributed by atoms with Gasteiger partial charge in [0.05, 0.1) is 13.2 Å². The summed E-state index contributed by atoms with van der Waals surface area (Å²) in [5, 5.41) is 6.58. The van der Waals surface area contributed by atoms with Gasteiger partial charge in [0.25, 0.3) is 0 Å². The molecular formula is C18H33IN4O2. The van der Waals surface area contributed by atoms with Crippen molar-refractivity contribution in [2.45, 2.75) is 40.7 Å². The standard InChI is InChI=1S/C18H32N4O2.HI/c1-5-19-18(21-11-8-12-23-14-15(3)4)22-13-16-9-7-10-20-17(16)24-6-2;/h7,9-10,15H,5-6,8,11-14H2,1-4H3,(H2,19,21,22);1H. The molecule has 1 aromatic rings. The van der Waals surface area contributed by atoms with Crippen LogP contribution < -0.4 is 15.4 Å². The highest BCUT2D eigenvalue weighted by Gasteiger charge is 2.04. The van der Waals surface area contributed by atoms with Crippen molar-refractivity contribution in [1.82, 2.24) is 15.6 Å². The van der Waals surface area contributed by atoms with Gasteiger partial charge < -0.3 is 20.1 Å². The van der Waals surface area contributed by atoms with Crippen molar-refractivity contribution in [3.8, 4) is 5.88 Å². The molecule has 25 heavy (non-hydrogen) atoms. The van der Waals surface area contributed by atoms with Gasteiger partial charge in [-0.2, -0.15) is 0 Å². The number of ether oxygens (including phenoxy) is 2. The molecule has 0 atom stereocenters. The second-order valence-electron chi connectivity index (χ2n) is 5.84. The van der Waals surface area contributed by atoms with E-state index in [1.165, 1.54) is 0 Å². The molecule has 1 heterocycles. The van der Waals surface area contributed by atoms with E-state index in [0.717, 1.165) is 44.2 Å². The Bertz CT molecular complexity index is 484. The topological polar surface area (TPSA) is 67.8 Å². The molecule has 0 unspecified atom stereocenters. The van der Waals surface area contributed by atoms with Crippen molar-refractivity contribution in [3.63, 3.8) is 0 Å². The van der Waals surface area contributed by atoms with Crippen molar-refractivity contribution in [3.05, 3.63) is 23.9 Å². The molecule has 0 amide bonds. The molecule has 144 valence electrons. The van der Waals surface area contributed by atoms with Crippen LogP contribution in [0.4, 0.5) is 0 Å². The Hall–Kier alpha value is -1.09. The fourth-order valence-corrected chi connectivity index (χ4v) is 2.02. The Morgan fingerprint density at radius 3 is 2.76 bits per heavy atom. The maximum atomic E-state index is 5.58. The summed E-state index contributed by atoms with van der Waals surface area (Å²) in [7, 11) is 0. The van der Waals surface area contributed by atoms with E-state index in [4.69, 9.17) is 9.47 Å². The summed E-state index contributed by atoms with van der Waals surface area (Å²) in [6, 6.07) is 3.89. The van der Waals surface area contributed by atoms with Crippen LogP contribution in [0, 0.1) is 5.92 Å². The lowest BCUT2D eigenvalue weighted by Gasteiger charge is -2.12. The minimum absolute atomic E-state index is 0. The van der Waals surface area contributed by atoms with Gasteiger partial charge >= 0.3 is 0 Å². The molecule has 2 N–H and O–H groups in total. The van der Waals surface area contributed by atoms with E-state index in [9.17, 15) is 0 Å². The van der Waals surface area contributed by atoms with Crippen molar-refractivity contribution in [2.24, 2.45) is 10.9 Å². The first kappa shape index (κ1) is 23.9.